The highest BCUT2D eigenvalue weighted by molar-refractivity contribution is 5.88. The summed E-state index contributed by atoms with van der Waals surface area (Å²) in [6.45, 7) is 7.54. The van der Waals surface area contributed by atoms with Crippen LogP contribution in [0.5, 0.6) is 11.5 Å². The number of nitro benzene ring substituents is 1. The first kappa shape index (κ1) is 26.6. The molecule has 9 heteroatoms. The number of hydrogen-bond donors (Lipinski definition) is 1. The molecule has 1 unspecified atom stereocenters. The molecule has 0 aliphatic carbocycles. The van der Waals surface area contributed by atoms with E-state index in [2.05, 4.69) is 5.32 Å². The maximum Gasteiger partial charge on any atom is 0.311 e. The van der Waals surface area contributed by atoms with Gasteiger partial charge in [0.15, 0.2) is 6.61 Å². The maximum absolute atomic E-state index is 13.2. The summed E-state index contributed by atoms with van der Waals surface area (Å²) in [6.07, 6.45) is 1.02. The molecule has 0 saturated heterocycles. The van der Waals surface area contributed by atoms with Crippen molar-refractivity contribution < 1.29 is 24.0 Å². The molecule has 34 heavy (non-hydrogen) atoms. The van der Waals surface area contributed by atoms with Gasteiger partial charge in [-0.15, -0.1) is 0 Å². The van der Waals surface area contributed by atoms with Gasteiger partial charge in [0.25, 0.3) is 5.91 Å². The van der Waals surface area contributed by atoms with Crippen LogP contribution in [0.15, 0.2) is 48.5 Å². The first-order valence-electron chi connectivity index (χ1n) is 11.2. The average molecular weight is 472 g/mol. The predicted octanol–water partition coefficient (Wildman–Crippen LogP) is 3.75. The monoisotopic (exact) mass is 471 g/mol. The average Bonchev–Trinajstić information content (AvgIpc) is 2.79. The van der Waals surface area contributed by atoms with Crippen LogP contribution in [-0.2, 0) is 16.0 Å². The molecule has 1 atom stereocenters. The number of carbonyl (C=O) groups is 2. The number of carbonyl (C=O) groups excluding carboxylic acids is 2. The summed E-state index contributed by atoms with van der Waals surface area (Å²) < 4.78 is 10.7. The Kier molecular flexibility index (Phi) is 9.41. The second-order valence-corrected chi connectivity index (χ2v) is 8.87. The second-order valence-electron chi connectivity index (χ2n) is 8.87. The fraction of sp³-hybridized carbons (Fsp3) is 0.440. The minimum Gasteiger partial charge on any atom is -0.490 e. The van der Waals surface area contributed by atoms with Crippen LogP contribution < -0.4 is 14.8 Å². The number of amides is 2. The van der Waals surface area contributed by atoms with E-state index in [4.69, 9.17) is 9.47 Å². The predicted molar refractivity (Wildman–Crippen MR) is 129 cm³/mol. The van der Waals surface area contributed by atoms with Crippen molar-refractivity contribution in [3.05, 3.63) is 64.2 Å². The maximum atomic E-state index is 13.2. The molecule has 1 N–H and O–H groups in total. The number of ether oxygens (including phenoxy) is 2. The molecule has 0 fully saturated rings. The number of rotatable bonds is 11. The van der Waals surface area contributed by atoms with Gasteiger partial charge in [0.1, 0.15) is 11.8 Å². The van der Waals surface area contributed by atoms with Crippen molar-refractivity contribution in [1.29, 1.82) is 0 Å². The SMILES string of the molecule is CCC(C(=O)NC(C)(C)C)N(CCc1ccccc1)C(=O)COc1ccc([N+](=O)[O-])c(OC)c1. The van der Waals surface area contributed by atoms with Crippen molar-refractivity contribution in [2.24, 2.45) is 0 Å². The van der Waals surface area contributed by atoms with E-state index in [9.17, 15) is 19.7 Å². The molecule has 0 aromatic heterocycles. The number of hydrogen-bond acceptors (Lipinski definition) is 6. The Morgan fingerprint density at radius 3 is 2.38 bits per heavy atom. The summed E-state index contributed by atoms with van der Waals surface area (Å²) in [5, 5.41) is 14.0. The third-order valence-electron chi connectivity index (χ3n) is 5.08. The molecule has 0 heterocycles. The first-order valence-corrected chi connectivity index (χ1v) is 11.2. The summed E-state index contributed by atoms with van der Waals surface area (Å²) in [5.41, 5.74) is 0.410. The summed E-state index contributed by atoms with van der Waals surface area (Å²) in [5.74, 6) is -0.296. The van der Waals surface area contributed by atoms with Crippen molar-refractivity contribution in [1.82, 2.24) is 10.2 Å². The summed E-state index contributed by atoms with van der Waals surface area (Å²) in [6, 6.07) is 13.1. The normalized spacial score (nSPS) is 11.9. The molecule has 0 aliphatic heterocycles. The Balaban J connectivity index is 2.20. The van der Waals surface area contributed by atoms with Crippen molar-refractivity contribution in [3.63, 3.8) is 0 Å². The number of nitrogens with zero attached hydrogens (tertiary/aromatic N) is 2. The number of nitrogens with one attached hydrogen (secondary N) is 1. The molecule has 0 saturated carbocycles. The molecule has 0 bridgehead atoms. The van der Waals surface area contributed by atoms with Gasteiger partial charge in [-0.05, 0) is 45.2 Å². The van der Waals surface area contributed by atoms with Crippen LogP contribution in [0.2, 0.25) is 0 Å². The van der Waals surface area contributed by atoms with E-state index in [1.54, 1.807) is 0 Å². The van der Waals surface area contributed by atoms with Crippen LogP contribution in [0.3, 0.4) is 0 Å². The molecule has 2 aromatic rings. The lowest BCUT2D eigenvalue weighted by Crippen LogP contribution is -2.54. The minimum absolute atomic E-state index is 0.0341. The zero-order valence-electron chi connectivity index (χ0n) is 20.4. The van der Waals surface area contributed by atoms with E-state index in [-0.39, 0.29) is 35.6 Å². The topological polar surface area (TPSA) is 111 Å². The fourth-order valence-electron chi connectivity index (χ4n) is 3.48. The lowest BCUT2D eigenvalue weighted by molar-refractivity contribution is -0.385. The fourth-order valence-corrected chi connectivity index (χ4v) is 3.48. The van der Waals surface area contributed by atoms with Gasteiger partial charge < -0.3 is 19.7 Å². The van der Waals surface area contributed by atoms with E-state index in [1.807, 2.05) is 58.0 Å². The van der Waals surface area contributed by atoms with E-state index in [0.717, 1.165) is 5.56 Å². The van der Waals surface area contributed by atoms with Crippen LogP contribution in [0, 0.1) is 10.1 Å². The van der Waals surface area contributed by atoms with Crippen molar-refractivity contribution >= 4 is 17.5 Å². The van der Waals surface area contributed by atoms with Crippen LogP contribution in [-0.4, -0.2) is 53.5 Å². The highest BCUT2D eigenvalue weighted by Gasteiger charge is 2.30. The minimum atomic E-state index is -0.662. The van der Waals surface area contributed by atoms with Crippen LogP contribution in [0.25, 0.3) is 0 Å². The summed E-state index contributed by atoms with van der Waals surface area (Å²) in [7, 11) is 1.32. The molecule has 0 aliphatic rings. The number of nitro groups is 1. The van der Waals surface area contributed by atoms with Gasteiger partial charge in [-0.3, -0.25) is 19.7 Å². The van der Waals surface area contributed by atoms with Gasteiger partial charge in [-0.25, -0.2) is 0 Å². The highest BCUT2D eigenvalue weighted by atomic mass is 16.6. The van der Waals surface area contributed by atoms with Crippen LogP contribution >= 0.6 is 0 Å². The van der Waals surface area contributed by atoms with Gasteiger partial charge in [0.2, 0.25) is 11.7 Å². The van der Waals surface area contributed by atoms with E-state index in [0.29, 0.717) is 19.4 Å². The molecular weight excluding hydrogens is 438 g/mol. The van der Waals surface area contributed by atoms with Crippen molar-refractivity contribution in [2.45, 2.75) is 52.1 Å². The standard InChI is InChI=1S/C25H33N3O6/c1-6-20(24(30)26-25(2,3)4)27(15-14-18-10-8-7-9-11-18)23(29)17-34-19-12-13-21(28(31)32)22(16-19)33-5/h7-13,16,20H,6,14-15,17H2,1-5H3,(H,26,30). The van der Waals surface area contributed by atoms with E-state index < -0.39 is 16.5 Å². The molecule has 0 radical (unpaired) electrons. The second kappa shape index (κ2) is 12.0. The number of methoxy groups -OCH3 is 1. The molecular formula is C25H33N3O6. The van der Waals surface area contributed by atoms with E-state index >= 15 is 0 Å². The quantitative estimate of drug-likeness (QED) is 0.395. The Hall–Kier alpha value is -3.62. The van der Waals surface area contributed by atoms with Gasteiger partial charge >= 0.3 is 5.69 Å². The molecule has 2 aromatic carbocycles. The van der Waals surface area contributed by atoms with Gasteiger partial charge in [0, 0.05) is 24.2 Å². The molecule has 9 nitrogen and oxygen atoms in total. The molecule has 2 rings (SSSR count). The van der Waals surface area contributed by atoms with Crippen molar-refractivity contribution in [3.8, 4) is 11.5 Å². The smallest absolute Gasteiger partial charge is 0.311 e. The largest absolute Gasteiger partial charge is 0.490 e. The molecule has 2 amide bonds. The molecule has 0 spiro atoms. The zero-order chi connectivity index (χ0) is 25.3. The third kappa shape index (κ3) is 7.75. The lowest BCUT2D eigenvalue weighted by atomic mass is 10.1. The van der Waals surface area contributed by atoms with Gasteiger partial charge in [0.05, 0.1) is 12.0 Å². The zero-order valence-corrected chi connectivity index (χ0v) is 20.4. The van der Waals surface area contributed by atoms with Crippen LogP contribution in [0.1, 0.15) is 39.7 Å². The Bertz CT molecular complexity index is 988. The Morgan fingerprint density at radius 2 is 1.82 bits per heavy atom. The van der Waals surface area contributed by atoms with Gasteiger partial charge in [-0.1, -0.05) is 37.3 Å². The highest BCUT2D eigenvalue weighted by Crippen LogP contribution is 2.30. The van der Waals surface area contributed by atoms with Crippen LogP contribution in [0.4, 0.5) is 5.69 Å². The Morgan fingerprint density at radius 1 is 1.15 bits per heavy atom. The number of benzene rings is 2. The first-order chi connectivity index (χ1) is 16.1. The third-order valence-corrected chi connectivity index (χ3v) is 5.08. The summed E-state index contributed by atoms with van der Waals surface area (Å²) >= 11 is 0. The summed E-state index contributed by atoms with van der Waals surface area (Å²) in [4.78, 5) is 38.3. The Labute approximate surface area is 200 Å². The molecule has 184 valence electrons. The van der Waals surface area contributed by atoms with Gasteiger partial charge in [-0.2, -0.15) is 0 Å². The van der Waals surface area contributed by atoms with E-state index in [1.165, 1.54) is 30.2 Å². The van der Waals surface area contributed by atoms with Crippen molar-refractivity contribution in [2.75, 3.05) is 20.3 Å². The lowest BCUT2D eigenvalue weighted by Gasteiger charge is -2.33.